The van der Waals surface area contributed by atoms with Gasteiger partial charge in [0.15, 0.2) is 0 Å². The number of hydrogen-bond donors (Lipinski definition) is 1. The van der Waals surface area contributed by atoms with Crippen LogP contribution in [0.25, 0.3) is 0 Å². The summed E-state index contributed by atoms with van der Waals surface area (Å²) in [5.41, 5.74) is 1.11. The highest BCUT2D eigenvalue weighted by molar-refractivity contribution is 5.75. The Morgan fingerprint density at radius 3 is 2.74 bits per heavy atom. The van der Waals surface area contributed by atoms with Gasteiger partial charge in [-0.2, -0.15) is 0 Å². The number of nitrogens with one attached hydrogen (secondary N) is 1. The maximum atomic E-state index is 12.6. The molecule has 1 aliphatic carbocycles. The van der Waals surface area contributed by atoms with Crippen molar-refractivity contribution in [1.82, 2.24) is 10.2 Å². The number of hydrogen-bond acceptors (Lipinski definition) is 2. The molecule has 1 saturated carbocycles. The summed E-state index contributed by atoms with van der Waals surface area (Å²) in [5, 5.41) is 3.17. The highest BCUT2D eigenvalue weighted by atomic mass is 16.5. The molecule has 1 N–H and O–H groups in total. The van der Waals surface area contributed by atoms with Gasteiger partial charge < -0.3 is 15.0 Å². The van der Waals surface area contributed by atoms with Crippen LogP contribution in [-0.4, -0.2) is 30.1 Å². The van der Waals surface area contributed by atoms with Crippen LogP contribution in [0.2, 0.25) is 0 Å². The van der Waals surface area contributed by atoms with Crippen LogP contribution in [0.1, 0.15) is 57.6 Å². The Bertz CT molecular complexity index is 529. The first kappa shape index (κ1) is 16.2. The molecule has 0 bridgehead atoms. The Balaban J connectivity index is 1.58. The van der Waals surface area contributed by atoms with E-state index in [9.17, 15) is 4.79 Å². The van der Waals surface area contributed by atoms with Crippen molar-refractivity contribution in [3.8, 4) is 5.75 Å². The molecule has 1 saturated heterocycles. The number of amides is 2. The largest absolute Gasteiger partial charge is 0.494 e. The van der Waals surface area contributed by atoms with Gasteiger partial charge in [-0.3, -0.25) is 0 Å². The van der Waals surface area contributed by atoms with Crippen molar-refractivity contribution in [1.29, 1.82) is 0 Å². The fraction of sp³-hybridized carbons (Fsp3) is 0.632. The van der Waals surface area contributed by atoms with E-state index in [0.717, 1.165) is 23.8 Å². The predicted molar refractivity (Wildman–Crippen MR) is 91.6 cm³/mol. The normalized spacial score (nSPS) is 24.9. The van der Waals surface area contributed by atoms with Crippen LogP contribution in [0, 0.1) is 5.92 Å². The molecule has 4 heteroatoms. The maximum Gasteiger partial charge on any atom is 0.318 e. The lowest BCUT2D eigenvalue weighted by molar-refractivity contribution is 0.167. The lowest BCUT2D eigenvalue weighted by Crippen LogP contribution is -2.45. The minimum Gasteiger partial charge on any atom is -0.494 e. The van der Waals surface area contributed by atoms with Crippen LogP contribution in [0.3, 0.4) is 0 Å². The van der Waals surface area contributed by atoms with Crippen molar-refractivity contribution in [2.24, 2.45) is 5.92 Å². The second-order valence-corrected chi connectivity index (χ2v) is 6.77. The van der Waals surface area contributed by atoms with Crippen LogP contribution in [0.4, 0.5) is 4.79 Å². The van der Waals surface area contributed by atoms with Crippen molar-refractivity contribution in [3.05, 3.63) is 29.8 Å². The number of nitrogens with zero attached hydrogens (tertiary/aromatic N) is 1. The molecule has 0 aromatic heterocycles. The number of carbonyl (C=O) groups excluding carboxylic acids is 1. The van der Waals surface area contributed by atoms with E-state index in [1.165, 1.54) is 32.1 Å². The molecule has 3 unspecified atom stereocenters. The molecule has 1 aromatic carbocycles. The zero-order valence-corrected chi connectivity index (χ0v) is 14.3. The first-order valence-electron chi connectivity index (χ1n) is 8.99. The van der Waals surface area contributed by atoms with Gasteiger partial charge in [-0.15, -0.1) is 0 Å². The average molecular weight is 316 g/mol. The molecule has 3 rings (SSSR count). The third kappa shape index (κ3) is 3.62. The number of benzene rings is 1. The molecule has 1 heterocycles. The molecule has 0 spiro atoms. The van der Waals surface area contributed by atoms with Crippen LogP contribution in [0.15, 0.2) is 24.3 Å². The number of fused-ring (bicyclic) bond motifs is 1. The van der Waals surface area contributed by atoms with Gasteiger partial charge in [0.05, 0.1) is 12.6 Å². The monoisotopic (exact) mass is 316 g/mol. The Morgan fingerprint density at radius 2 is 2.00 bits per heavy atom. The zero-order chi connectivity index (χ0) is 16.2. The van der Waals surface area contributed by atoms with Crippen LogP contribution >= 0.6 is 0 Å². The summed E-state index contributed by atoms with van der Waals surface area (Å²) in [5.74, 6) is 1.61. The molecule has 3 atom stereocenters. The van der Waals surface area contributed by atoms with Gasteiger partial charge in [0.1, 0.15) is 5.75 Å². The molecular formula is C19H28N2O2. The predicted octanol–water partition coefficient (Wildman–Crippen LogP) is 4.12. The molecule has 4 nitrogen and oxygen atoms in total. The first-order chi connectivity index (χ1) is 11.2. The summed E-state index contributed by atoms with van der Waals surface area (Å²) in [6.07, 6.45) is 6.24. The van der Waals surface area contributed by atoms with Crippen LogP contribution in [-0.2, 0) is 0 Å². The molecule has 1 aliphatic heterocycles. The third-order valence-corrected chi connectivity index (χ3v) is 5.30. The Kier molecular flexibility index (Phi) is 5.09. The van der Waals surface area contributed by atoms with Gasteiger partial charge in [-0.1, -0.05) is 25.0 Å². The lowest BCUT2D eigenvalue weighted by Gasteiger charge is -2.32. The molecular weight excluding hydrogens is 288 g/mol. The second kappa shape index (κ2) is 7.24. The quantitative estimate of drug-likeness (QED) is 0.908. The van der Waals surface area contributed by atoms with Crippen molar-refractivity contribution >= 4 is 6.03 Å². The molecule has 0 radical (unpaired) electrons. The van der Waals surface area contributed by atoms with E-state index in [-0.39, 0.29) is 12.1 Å². The molecule has 1 aromatic rings. The topological polar surface area (TPSA) is 41.6 Å². The summed E-state index contributed by atoms with van der Waals surface area (Å²) in [4.78, 5) is 14.7. The van der Waals surface area contributed by atoms with Crippen LogP contribution in [0.5, 0.6) is 5.75 Å². The molecule has 2 aliphatic rings. The fourth-order valence-electron chi connectivity index (χ4n) is 4.03. The van der Waals surface area contributed by atoms with Crippen molar-refractivity contribution in [3.63, 3.8) is 0 Å². The van der Waals surface area contributed by atoms with Gasteiger partial charge in [0, 0.05) is 12.6 Å². The summed E-state index contributed by atoms with van der Waals surface area (Å²) < 4.78 is 5.47. The van der Waals surface area contributed by atoms with E-state index in [2.05, 4.69) is 10.2 Å². The van der Waals surface area contributed by atoms with E-state index in [1.807, 2.05) is 38.1 Å². The van der Waals surface area contributed by atoms with E-state index in [0.29, 0.717) is 12.6 Å². The summed E-state index contributed by atoms with van der Waals surface area (Å²) in [7, 11) is 0. The van der Waals surface area contributed by atoms with Crippen molar-refractivity contribution < 1.29 is 9.53 Å². The summed E-state index contributed by atoms with van der Waals surface area (Å²) in [6.45, 7) is 5.60. The van der Waals surface area contributed by atoms with Crippen LogP contribution < -0.4 is 10.1 Å². The first-order valence-corrected chi connectivity index (χ1v) is 8.99. The standard InChI is InChI=1S/C19H28N2O2/c1-3-23-17-10-8-15(9-11-17)14(2)20-19(22)21-13-12-16-6-4-5-7-18(16)21/h8-11,14,16,18H,3-7,12-13H2,1-2H3,(H,20,22). The number of rotatable bonds is 4. The highest BCUT2D eigenvalue weighted by Crippen LogP contribution is 2.36. The second-order valence-electron chi connectivity index (χ2n) is 6.77. The molecule has 2 fully saturated rings. The van der Waals surface area contributed by atoms with Gasteiger partial charge in [-0.25, -0.2) is 4.79 Å². The van der Waals surface area contributed by atoms with Crippen molar-refractivity contribution in [2.75, 3.05) is 13.2 Å². The fourth-order valence-corrected chi connectivity index (χ4v) is 4.03. The minimum absolute atomic E-state index is 0.0146. The minimum atomic E-state index is 0.0146. The Morgan fingerprint density at radius 1 is 1.26 bits per heavy atom. The maximum absolute atomic E-state index is 12.6. The number of ether oxygens (including phenoxy) is 1. The molecule has 2 amide bonds. The third-order valence-electron chi connectivity index (χ3n) is 5.30. The Hall–Kier alpha value is -1.71. The summed E-state index contributed by atoms with van der Waals surface area (Å²) >= 11 is 0. The van der Waals surface area contributed by atoms with Gasteiger partial charge in [-0.05, 0) is 56.7 Å². The number of urea groups is 1. The Labute approximate surface area is 139 Å². The van der Waals surface area contributed by atoms with Gasteiger partial charge in [0.2, 0.25) is 0 Å². The average Bonchev–Trinajstić information content (AvgIpc) is 3.00. The van der Waals surface area contributed by atoms with E-state index < -0.39 is 0 Å². The SMILES string of the molecule is CCOc1ccc(C(C)NC(=O)N2CCC3CCCCC32)cc1. The van der Waals surface area contributed by atoms with E-state index >= 15 is 0 Å². The number of likely N-dealkylation sites (tertiary alicyclic amines) is 1. The van der Waals surface area contributed by atoms with Crippen molar-refractivity contribution in [2.45, 2.75) is 58.0 Å². The smallest absolute Gasteiger partial charge is 0.318 e. The lowest BCUT2D eigenvalue weighted by atomic mass is 9.85. The van der Waals surface area contributed by atoms with E-state index in [4.69, 9.17) is 4.74 Å². The number of carbonyl (C=O) groups is 1. The summed E-state index contributed by atoms with van der Waals surface area (Å²) in [6, 6.07) is 8.58. The van der Waals surface area contributed by atoms with Gasteiger partial charge >= 0.3 is 6.03 Å². The molecule has 126 valence electrons. The molecule has 23 heavy (non-hydrogen) atoms. The zero-order valence-electron chi connectivity index (χ0n) is 14.3. The van der Waals surface area contributed by atoms with Gasteiger partial charge in [0.25, 0.3) is 0 Å². The van der Waals surface area contributed by atoms with E-state index in [1.54, 1.807) is 0 Å². The highest BCUT2D eigenvalue weighted by Gasteiger charge is 2.38.